The zero-order chi connectivity index (χ0) is 24.0. The van der Waals surface area contributed by atoms with Gasteiger partial charge in [-0.1, -0.05) is 26.0 Å². The van der Waals surface area contributed by atoms with E-state index in [2.05, 4.69) is 34.7 Å². The number of anilines is 1. The van der Waals surface area contributed by atoms with Gasteiger partial charge in [-0.2, -0.15) is 5.26 Å². The smallest absolute Gasteiger partial charge is 0.295 e. The fraction of sp³-hybridized carbons (Fsp3) is 0.423. The molecule has 176 valence electrons. The van der Waals surface area contributed by atoms with Crippen LogP contribution in [0.25, 0.3) is 11.0 Å². The molecule has 3 atom stereocenters. The number of nitriles is 1. The zero-order valence-electron chi connectivity index (χ0n) is 19.7. The molecule has 0 saturated carbocycles. The van der Waals surface area contributed by atoms with Gasteiger partial charge in [-0.3, -0.25) is 9.69 Å². The van der Waals surface area contributed by atoms with Gasteiger partial charge in [0.1, 0.15) is 35.4 Å². The van der Waals surface area contributed by atoms with Crippen LogP contribution >= 0.6 is 0 Å². The summed E-state index contributed by atoms with van der Waals surface area (Å²) in [5.74, 6) is 0.0770. The molecule has 0 bridgehead atoms. The lowest BCUT2D eigenvalue weighted by Crippen LogP contribution is -2.62. The molecule has 0 N–H and O–H groups in total. The van der Waals surface area contributed by atoms with Crippen molar-refractivity contribution < 1.29 is 9.13 Å². The number of hydrogen-bond donors (Lipinski definition) is 0. The second-order valence-corrected chi connectivity index (χ2v) is 9.07. The van der Waals surface area contributed by atoms with E-state index in [0.717, 1.165) is 31.5 Å². The molecule has 7 nitrogen and oxygen atoms in total. The second kappa shape index (κ2) is 8.73. The van der Waals surface area contributed by atoms with Gasteiger partial charge in [0.05, 0.1) is 11.6 Å². The largest absolute Gasteiger partial charge is 0.484 e. The molecular formula is C26H28FN5O2. The highest BCUT2D eigenvalue weighted by molar-refractivity contribution is 5.93. The third-order valence-corrected chi connectivity index (χ3v) is 7.25. The number of benzene rings is 1. The van der Waals surface area contributed by atoms with Gasteiger partial charge in [0.25, 0.3) is 5.56 Å². The Morgan fingerprint density at radius 2 is 1.97 bits per heavy atom. The standard InChI is InChI=1S/C26H28FN5O2/c1-4-19-13-32-20(14-31(19)21(5-2)16-6-8-17(27)9-7-16)15-34-25-24(32)23-22(30(3)26(25)33)11-10-18(12-28)29-23/h6-11,19-21H,4-5,13-15H2,1-3H3/t19-,20+,21+/m1/s1. The highest BCUT2D eigenvalue weighted by atomic mass is 19.1. The highest BCUT2D eigenvalue weighted by Gasteiger charge is 2.42. The fourth-order valence-corrected chi connectivity index (χ4v) is 5.49. The first kappa shape index (κ1) is 22.4. The lowest BCUT2D eigenvalue weighted by atomic mass is 9.94. The van der Waals surface area contributed by atoms with Crippen molar-refractivity contribution in [3.05, 3.63) is 63.8 Å². The van der Waals surface area contributed by atoms with Crippen LogP contribution in [0.1, 0.15) is 44.0 Å². The Balaban J connectivity index is 1.58. The lowest BCUT2D eigenvalue weighted by Gasteiger charge is -2.51. The molecule has 2 aliphatic rings. The van der Waals surface area contributed by atoms with Crippen molar-refractivity contribution in [3.8, 4) is 11.8 Å². The normalized spacial score (nSPS) is 20.9. The quantitative estimate of drug-likeness (QED) is 0.589. The number of fused-ring (bicyclic) bond motifs is 5. The van der Waals surface area contributed by atoms with Crippen LogP contribution in [-0.2, 0) is 7.05 Å². The van der Waals surface area contributed by atoms with Gasteiger partial charge < -0.3 is 14.2 Å². The Morgan fingerprint density at radius 3 is 2.65 bits per heavy atom. The summed E-state index contributed by atoms with van der Waals surface area (Å²) >= 11 is 0. The first-order valence-electron chi connectivity index (χ1n) is 11.8. The molecule has 2 aliphatic heterocycles. The molecule has 2 aromatic heterocycles. The number of halogens is 1. The van der Waals surface area contributed by atoms with Crippen molar-refractivity contribution in [2.75, 3.05) is 24.6 Å². The van der Waals surface area contributed by atoms with E-state index in [1.54, 1.807) is 19.2 Å². The van der Waals surface area contributed by atoms with Gasteiger partial charge >= 0.3 is 0 Å². The summed E-state index contributed by atoms with van der Waals surface area (Å²) < 4.78 is 21.2. The number of pyridine rings is 2. The molecule has 4 heterocycles. The summed E-state index contributed by atoms with van der Waals surface area (Å²) in [6.07, 6.45) is 1.83. The first-order chi connectivity index (χ1) is 16.5. The third kappa shape index (κ3) is 3.51. The zero-order valence-corrected chi connectivity index (χ0v) is 19.7. The maximum absolute atomic E-state index is 13.6. The number of hydrogen-bond acceptors (Lipinski definition) is 6. The van der Waals surface area contributed by atoms with E-state index in [1.807, 2.05) is 12.1 Å². The maximum Gasteiger partial charge on any atom is 0.295 e. The number of nitrogens with zero attached hydrogens (tertiary/aromatic N) is 5. The number of aryl methyl sites for hydroxylation is 1. The lowest BCUT2D eigenvalue weighted by molar-refractivity contribution is 0.0720. The predicted octanol–water partition coefficient (Wildman–Crippen LogP) is 3.76. The van der Waals surface area contributed by atoms with Gasteiger partial charge in [-0.15, -0.1) is 0 Å². The van der Waals surface area contributed by atoms with Gasteiger partial charge in [-0.25, -0.2) is 9.37 Å². The fourth-order valence-electron chi connectivity index (χ4n) is 5.49. The van der Waals surface area contributed by atoms with E-state index >= 15 is 0 Å². The topological polar surface area (TPSA) is 74.4 Å². The van der Waals surface area contributed by atoms with Crippen molar-refractivity contribution >= 4 is 16.7 Å². The van der Waals surface area contributed by atoms with Crippen LogP contribution in [0.4, 0.5) is 10.1 Å². The van der Waals surface area contributed by atoms with Crippen LogP contribution in [0.2, 0.25) is 0 Å². The summed E-state index contributed by atoms with van der Waals surface area (Å²) in [5, 5.41) is 9.43. The van der Waals surface area contributed by atoms with Crippen molar-refractivity contribution in [2.24, 2.45) is 7.05 Å². The Labute approximate surface area is 198 Å². The predicted molar refractivity (Wildman–Crippen MR) is 129 cm³/mol. The Hall–Kier alpha value is -3.44. The molecule has 0 unspecified atom stereocenters. The molecule has 5 rings (SSSR count). The maximum atomic E-state index is 13.6. The molecule has 0 spiro atoms. The number of piperazine rings is 1. The minimum Gasteiger partial charge on any atom is -0.484 e. The van der Waals surface area contributed by atoms with E-state index in [-0.39, 0.29) is 29.5 Å². The Bertz CT molecular complexity index is 1330. The van der Waals surface area contributed by atoms with Crippen molar-refractivity contribution in [1.29, 1.82) is 5.26 Å². The van der Waals surface area contributed by atoms with Crippen LogP contribution in [0.15, 0.2) is 41.2 Å². The highest BCUT2D eigenvalue weighted by Crippen LogP contribution is 2.41. The number of aromatic nitrogens is 2. The van der Waals surface area contributed by atoms with Crippen molar-refractivity contribution in [3.63, 3.8) is 0 Å². The van der Waals surface area contributed by atoms with Crippen LogP contribution < -0.4 is 15.2 Å². The molecular weight excluding hydrogens is 433 g/mol. The van der Waals surface area contributed by atoms with E-state index < -0.39 is 0 Å². The van der Waals surface area contributed by atoms with Crippen LogP contribution in [0.5, 0.6) is 5.75 Å². The van der Waals surface area contributed by atoms with Gasteiger partial charge in [0.15, 0.2) is 0 Å². The number of rotatable bonds is 4. The van der Waals surface area contributed by atoms with E-state index in [9.17, 15) is 14.4 Å². The van der Waals surface area contributed by atoms with Gasteiger partial charge in [-0.05, 0) is 42.7 Å². The van der Waals surface area contributed by atoms with Crippen LogP contribution in [0, 0.1) is 17.1 Å². The average molecular weight is 462 g/mol. The first-order valence-corrected chi connectivity index (χ1v) is 11.8. The summed E-state index contributed by atoms with van der Waals surface area (Å²) in [6, 6.07) is 12.8. The minimum absolute atomic E-state index is 0.0349. The molecule has 0 radical (unpaired) electrons. The molecule has 3 aromatic rings. The van der Waals surface area contributed by atoms with E-state index in [0.29, 0.717) is 34.8 Å². The number of ether oxygens (including phenoxy) is 1. The van der Waals surface area contributed by atoms with E-state index in [1.165, 1.54) is 16.7 Å². The monoisotopic (exact) mass is 461 g/mol. The summed E-state index contributed by atoms with van der Waals surface area (Å²) in [7, 11) is 1.70. The van der Waals surface area contributed by atoms with Crippen molar-refractivity contribution in [2.45, 2.75) is 44.8 Å². The molecule has 34 heavy (non-hydrogen) atoms. The van der Waals surface area contributed by atoms with Crippen LogP contribution in [-0.4, -0.2) is 46.2 Å². The third-order valence-electron chi connectivity index (χ3n) is 7.25. The summed E-state index contributed by atoms with van der Waals surface area (Å²) in [4.78, 5) is 22.5. The molecule has 0 amide bonds. The van der Waals surface area contributed by atoms with Crippen LogP contribution in [0.3, 0.4) is 0 Å². The molecule has 8 heteroatoms. The van der Waals surface area contributed by atoms with Gasteiger partial charge in [0, 0.05) is 32.2 Å². The molecule has 1 saturated heterocycles. The van der Waals surface area contributed by atoms with Crippen molar-refractivity contribution in [1.82, 2.24) is 14.5 Å². The summed E-state index contributed by atoms with van der Waals surface area (Å²) in [6.45, 7) is 6.20. The molecule has 0 aliphatic carbocycles. The molecule has 1 aromatic carbocycles. The average Bonchev–Trinajstić information content (AvgIpc) is 2.87. The molecule has 1 fully saturated rings. The summed E-state index contributed by atoms with van der Waals surface area (Å²) in [5.41, 5.74) is 3.21. The Kier molecular flexibility index (Phi) is 5.74. The second-order valence-electron chi connectivity index (χ2n) is 9.07. The van der Waals surface area contributed by atoms with Gasteiger partial charge in [0.2, 0.25) is 5.75 Å². The van der Waals surface area contributed by atoms with E-state index in [4.69, 9.17) is 4.74 Å². The minimum atomic E-state index is -0.231. The SMILES string of the molecule is CC[C@@H]1CN2c3c(c(=O)n(C)c4ccc(C#N)nc34)OC[C@@H]2CN1[C@@H](CC)c1ccc(F)cc1. The Morgan fingerprint density at radius 1 is 1.21 bits per heavy atom.